The first-order valence-corrected chi connectivity index (χ1v) is 11.2. The van der Waals surface area contributed by atoms with Crippen LogP contribution in [0.4, 0.5) is 9.52 Å². The number of carbonyl (C=O) groups is 1. The number of rotatable bonds is 5. The molecule has 0 spiro atoms. The number of aromatic amines is 1. The molecule has 1 aliphatic heterocycles. The number of amides is 1. The van der Waals surface area contributed by atoms with Crippen LogP contribution < -0.4 is 15.8 Å². The van der Waals surface area contributed by atoms with E-state index in [9.17, 15) is 14.0 Å². The van der Waals surface area contributed by atoms with E-state index in [2.05, 4.69) is 20.3 Å². The third kappa shape index (κ3) is 3.99. The molecule has 1 atom stereocenters. The zero-order valence-corrected chi connectivity index (χ0v) is 17.9. The lowest BCUT2D eigenvalue weighted by Gasteiger charge is -2.23. The Morgan fingerprint density at radius 1 is 1.19 bits per heavy atom. The standard InChI is InChI=1S/C23H20FN5O2S/c24-16-9-4-8-15(12-16)19-27-21(31)18-22(28-19)32-23(26-18)29-11-5-10-17(29)20(30)25-13-14-6-2-1-3-7-14/h1-4,6-9,12,17H,5,10-11,13H2,(H,25,30)(H,27,28,31)/t17-/m1/s1. The molecule has 1 fully saturated rings. The summed E-state index contributed by atoms with van der Waals surface area (Å²) in [6.07, 6.45) is 1.58. The van der Waals surface area contributed by atoms with E-state index in [4.69, 9.17) is 0 Å². The van der Waals surface area contributed by atoms with Gasteiger partial charge in [0.25, 0.3) is 5.56 Å². The molecule has 1 saturated heterocycles. The Balaban J connectivity index is 1.40. The first kappa shape index (κ1) is 20.3. The molecule has 1 aliphatic rings. The minimum absolute atomic E-state index is 0.0621. The van der Waals surface area contributed by atoms with Crippen molar-refractivity contribution in [3.05, 3.63) is 76.3 Å². The molecule has 7 nitrogen and oxygen atoms in total. The van der Waals surface area contributed by atoms with Gasteiger partial charge in [-0.3, -0.25) is 9.59 Å². The molecule has 0 radical (unpaired) electrons. The van der Waals surface area contributed by atoms with Crippen LogP contribution in [0.15, 0.2) is 59.4 Å². The Kier molecular flexibility index (Phi) is 5.40. The van der Waals surface area contributed by atoms with Gasteiger partial charge in [-0.15, -0.1) is 0 Å². The minimum atomic E-state index is -0.406. The Morgan fingerprint density at radius 3 is 2.84 bits per heavy atom. The number of aromatic nitrogens is 3. The molecule has 0 saturated carbocycles. The molecule has 0 bridgehead atoms. The zero-order valence-electron chi connectivity index (χ0n) is 17.0. The lowest BCUT2D eigenvalue weighted by molar-refractivity contribution is -0.122. The van der Waals surface area contributed by atoms with Crippen LogP contribution in [0.2, 0.25) is 0 Å². The number of hydrogen-bond donors (Lipinski definition) is 2. The third-order valence-corrected chi connectivity index (χ3v) is 6.45. The summed E-state index contributed by atoms with van der Waals surface area (Å²) in [4.78, 5) is 39.5. The summed E-state index contributed by atoms with van der Waals surface area (Å²) in [7, 11) is 0. The molecule has 162 valence electrons. The van der Waals surface area contributed by atoms with Crippen molar-refractivity contribution >= 4 is 32.7 Å². The van der Waals surface area contributed by atoms with E-state index < -0.39 is 5.82 Å². The molecule has 5 rings (SSSR count). The van der Waals surface area contributed by atoms with Crippen molar-refractivity contribution in [1.82, 2.24) is 20.3 Å². The van der Waals surface area contributed by atoms with Crippen LogP contribution in [0.5, 0.6) is 0 Å². The second kappa shape index (κ2) is 8.51. The molecule has 32 heavy (non-hydrogen) atoms. The molecule has 9 heteroatoms. The van der Waals surface area contributed by atoms with Crippen LogP contribution in [0.25, 0.3) is 21.7 Å². The van der Waals surface area contributed by atoms with Gasteiger partial charge < -0.3 is 15.2 Å². The fraction of sp³-hybridized carbons (Fsp3) is 0.217. The number of nitrogens with one attached hydrogen (secondary N) is 2. The number of thiazole rings is 1. The van der Waals surface area contributed by atoms with E-state index in [1.165, 1.54) is 23.5 Å². The van der Waals surface area contributed by atoms with E-state index >= 15 is 0 Å². The number of anilines is 1. The molecular formula is C23H20FN5O2S. The summed E-state index contributed by atoms with van der Waals surface area (Å²) in [5.74, 6) is -0.180. The smallest absolute Gasteiger partial charge is 0.278 e. The fourth-order valence-electron chi connectivity index (χ4n) is 3.89. The fourth-order valence-corrected chi connectivity index (χ4v) is 4.91. The van der Waals surface area contributed by atoms with Crippen LogP contribution >= 0.6 is 11.3 Å². The Morgan fingerprint density at radius 2 is 2.03 bits per heavy atom. The molecule has 2 aromatic heterocycles. The lowest BCUT2D eigenvalue weighted by atomic mass is 10.2. The summed E-state index contributed by atoms with van der Waals surface area (Å²) < 4.78 is 13.6. The van der Waals surface area contributed by atoms with Gasteiger partial charge in [-0.1, -0.05) is 53.8 Å². The van der Waals surface area contributed by atoms with Crippen LogP contribution in [0, 0.1) is 5.82 Å². The molecule has 0 unspecified atom stereocenters. The average molecular weight is 450 g/mol. The molecule has 2 aromatic carbocycles. The van der Waals surface area contributed by atoms with Crippen LogP contribution in [-0.2, 0) is 11.3 Å². The van der Waals surface area contributed by atoms with Crippen molar-refractivity contribution in [3.63, 3.8) is 0 Å². The predicted octanol–water partition coefficient (Wildman–Crippen LogP) is 3.47. The Hall–Kier alpha value is -3.59. The number of hydrogen-bond acceptors (Lipinski definition) is 6. The summed E-state index contributed by atoms with van der Waals surface area (Å²) in [6.45, 7) is 1.14. The number of carbonyl (C=O) groups excluding carboxylic acids is 1. The van der Waals surface area contributed by atoms with Crippen molar-refractivity contribution < 1.29 is 9.18 Å². The van der Waals surface area contributed by atoms with Gasteiger partial charge in [0.1, 0.15) is 17.7 Å². The highest BCUT2D eigenvalue weighted by Crippen LogP contribution is 2.32. The highest BCUT2D eigenvalue weighted by atomic mass is 32.1. The quantitative estimate of drug-likeness (QED) is 0.487. The van der Waals surface area contributed by atoms with Gasteiger partial charge in [0.05, 0.1) is 0 Å². The summed E-state index contributed by atoms with van der Waals surface area (Å²) >= 11 is 1.27. The topological polar surface area (TPSA) is 91.0 Å². The van der Waals surface area contributed by atoms with E-state index in [1.54, 1.807) is 12.1 Å². The maximum atomic E-state index is 13.6. The van der Waals surface area contributed by atoms with Crippen molar-refractivity contribution in [2.45, 2.75) is 25.4 Å². The molecule has 2 N–H and O–H groups in total. The summed E-state index contributed by atoms with van der Waals surface area (Å²) in [6, 6.07) is 15.3. The van der Waals surface area contributed by atoms with E-state index in [1.807, 2.05) is 35.2 Å². The van der Waals surface area contributed by atoms with Gasteiger partial charge >= 0.3 is 0 Å². The van der Waals surface area contributed by atoms with Crippen molar-refractivity contribution in [2.24, 2.45) is 0 Å². The molecule has 0 aliphatic carbocycles. The molecule has 4 aromatic rings. The summed E-state index contributed by atoms with van der Waals surface area (Å²) in [5.41, 5.74) is 1.35. The van der Waals surface area contributed by atoms with Gasteiger partial charge in [0, 0.05) is 18.7 Å². The van der Waals surface area contributed by atoms with Gasteiger partial charge in [0.15, 0.2) is 15.5 Å². The molecule has 3 heterocycles. The first-order chi connectivity index (χ1) is 15.6. The van der Waals surface area contributed by atoms with Gasteiger partial charge in [-0.25, -0.2) is 14.4 Å². The van der Waals surface area contributed by atoms with Crippen molar-refractivity contribution in [1.29, 1.82) is 0 Å². The lowest BCUT2D eigenvalue weighted by Crippen LogP contribution is -2.43. The second-order valence-corrected chi connectivity index (χ2v) is 8.59. The SMILES string of the molecule is O=C(NCc1ccccc1)[C@H]1CCCN1c1nc2c(=O)[nH]c(-c3cccc(F)c3)nc2s1. The van der Waals surface area contributed by atoms with Crippen LogP contribution in [-0.4, -0.2) is 33.4 Å². The highest BCUT2D eigenvalue weighted by Gasteiger charge is 2.33. The number of H-pyrrole nitrogens is 1. The monoisotopic (exact) mass is 449 g/mol. The zero-order chi connectivity index (χ0) is 22.1. The number of halogens is 1. The van der Waals surface area contributed by atoms with Crippen molar-refractivity contribution in [2.75, 3.05) is 11.4 Å². The van der Waals surface area contributed by atoms with E-state index in [-0.39, 0.29) is 28.8 Å². The van der Waals surface area contributed by atoms with Crippen molar-refractivity contribution in [3.8, 4) is 11.4 Å². The van der Waals surface area contributed by atoms with Gasteiger partial charge in [-0.05, 0) is 30.5 Å². The minimum Gasteiger partial charge on any atom is -0.350 e. The van der Waals surface area contributed by atoms with Gasteiger partial charge in [-0.2, -0.15) is 0 Å². The number of nitrogens with zero attached hydrogens (tertiary/aromatic N) is 3. The Labute approximate surface area is 187 Å². The average Bonchev–Trinajstić information content (AvgIpc) is 3.45. The summed E-state index contributed by atoms with van der Waals surface area (Å²) in [5, 5.41) is 3.59. The maximum Gasteiger partial charge on any atom is 0.278 e. The van der Waals surface area contributed by atoms with Gasteiger partial charge in [0.2, 0.25) is 5.91 Å². The molecular weight excluding hydrogens is 429 g/mol. The largest absolute Gasteiger partial charge is 0.350 e. The van der Waals surface area contributed by atoms with E-state index in [0.29, 0.717) is 28.6 Å². The predicted molar refractivity (Wildman–Crippen MR) is 122 cm³/mol. The van der Waals surface area contributed by atoms with E-state index in [0.717, 1.165) is 18.4 Å². The normalized spacial score (nSPS) is 15.9. The van der Waals surface area contributed by atoms with Crippen LogP contribution in [0.3, 0.4) is 0 Å². The second-order valence-electron chi connectivity index (χ2n) is 7.63. The highest BCUT2D eigenvalue weighted by molar-refractivity contribution is 7.21. The third-order valence-electron chi connectivity index (χ3n) is 5.47. The number of benzene rings is 2. The maximum absolute atomic E-state index is 13.6. The Bertz CT molecular complexity index is 1340. The molecule has 1 amide bonds. The first-order valence-electron chi connectivity index (χ1n) is 10.3. The van der Waals surface area contributed by atoms with Crippen LogP contribution in [0.1, 0.15) is 18.4 Å². The number of fused-ring (bicyclic) bond motifs is 1.